The van der Waals surface area contributed by atoms with Crippen molar-refractivity contribution in [3.63, 3.8) is 0 Å². The highest BCUT2D eigenvalue weighted by atomic mass is 15.1. The van der Waals surface area contributed by atoms with E-state index in [0.29, 0.717) is 0 Å². The van der Waals surface area contributed by atoms with Crippen LogP contribution in [0.25, 0.3) is 5.69 Å². The monoisotopic (exact) mass is 243 g/mol. The van der Waals surface area contributed by atoms with Gasteiger partial charge in [-0.3, -0.25) is 0 Å². The van der Waals surface area contributed by atoms with Crippen LogP contribution >= 0.6 is 0 Å². The molecule has 1 aromatic heterocycles. The van der Waals surface area contributed by atoms with Crippen molar-refractivity contribution in [2.24, 2.45) is 0 Å². The van der Waals surface area contributed by atoms with Gasteiger partial charge in [0.1, 0.15) is 5.82 Å². The van der Waals surface area contributed by atoms with Gasteiger partial charge in [-0.2, -0.15) is 0 Å². The van der Waals surface area contributed by atoms with Crippen molar-refractivity contribution in [1.29, 1.82) is 0 Å². The first-order valence-electron chi connectivity index (χ1n) is 6.67. The van der Waals surface area contributed by atoms with Crippen molar-refractivity contribution in [1.82, 2.24) is 14.9 Å². The number of nitrogens with zero attached hydrogens (tertiary/aromatic N) is 2. The third kappa shape index (κ3) is 2.99. The first-order valence-corrected chi connectivity index (χ1v) is 6.67. The number of imidazole rings is 1. The molecule has 2 aromatic rings. The minimum absolute atomic E-state index is 0.919. The summed E-state index contributed by atoms with van der Waals surface area (Å²) in [5.41, 5.74) is 2.51. The number of benzene rings is 1. The second-order valence-electron chi connectivity index (χ2n) is 4.41. The molecule has 0 saturated carbocycles. The molecular weight excluding hydrogens is 222 g/mol. The maximum absolute atomic E-state index is 4.42. The van der Waals surface area contributed by atoms with Gasteiger partial charge in [-0.1, -0.05) is 26.0 Å². The van der Waals surface area contributed by atoms with Crippen LogP contribution in [0, 0.1) is 0 Å². The molecule has 0 fully saturated rings. The lowest BCUT2D eigenvalue weighted by atomic mass is 10.2. The molecular formula is C15H21N3. The molecule has 0 unspecified atom stereocenters. The summed E-state index contributed by atoms with van der Waals surface area (Å²) < 4.78 is 2.18. The molecule has 1 heterocycles. The lowest BCUT2D eigenvalue weighted by Gasteiger charge is -2.09. The molecule has 3 heteroatoms. The minimum atomic E-state index is 0.919. The number of hydrogen-bond acceptors (Lipinski definition) is 2. The van der Waals surface area contributed by atoms with E-state index < -0.39 is 0 Å². The van der Waals surface area contributed by atoms with Gasteiger partial charge < -0.3 is 9.88 Å². The molecule has 0 spiro atoms. The number of aromatic nitrogens is 2. The zero-order valence-corrected chi connectivity index (χ0v) is 11.2. The maximum atomic E-state index is 4.42. The Hall–Kier alpha value is -1.61. The van der Waals surface area contributed by atoms with Crippen molar-refractivity contribution in [2.75, 3.05) is 6.54 Å². The quantitative estimate of drug-likeness (QED) is 0.845. The van der Waals surface area contributed by atoms with Crippen LogP contribution in [-0.2, 0) is 13.0 Å². The Balaban J connectivity index is 2.24. The Kier molecular flexibility index (Phi) is 4.53. The van der Waals surface area contributed by atoms with Gasteiger partial charge in [0.25, 0.3) is 0 Å². The predicted octanol–water partition coefficient (Wildman–Crippen LogP) is 2.93. The fourth-order valence-electron chi connectivity index (χ4n) is 2.06. The van der Waals surface area contributed by atoms with Gasteiger partial charge in [0.15, 0.2) is 0 Å². The fourth-order valence-corrected chi connectivity index (χ4v) is 2.06. The third-order valence-corrected chi connectivity index (χ3v) is 2.96. The Morgan fingerprint density at radius 2 is 2.17 bits per heavy atom. The van der Waals surface area contributed by atoms with E-state index in [1.54, 1.807) is 0 Å². The molecule has 0 aliphatic rings. The lowest BCUT2D eigenvalue weighted by molar-refractivity contribution is 0.725. The molecule has 0 bridgehead atoms. The summed E-state index contributed by atoms with van der Waals surface area (Å²) in [5, 5.41) is 3.35. The van der Waals surface area contributed by atoms with Crippen molar-refractivity contribution < 1.29 is 0 Å². The molecule has 2 rings (SSSR count). The van der Waals surface area contributed by atoms with Crippen LogP contribution in [0.2, 0.25) is 0 Å². The second-order valence-corrected chi connectivity index (χ2v) is 4.41. The van der Waals surface area contributed by atoms with Crippen LogP contribution in [0.3, 0.4) is 0 Å². The van der Waals surface area contributed by atoms with E-state index in [2.05, 4.69) is 53.0 Å². The van der Waals surface area contributed by atoms with Crippen LogP contribution in [0.1, 0.15) is 31.7 Å². The summed E-state index contributed by atoms with van der Waals surface area (Å²) in [6.07, 6.45) is 6.05. The molecule has 0 radical (unpaired) electrons. The van der Waals surface area contributed by atoms with Gasteiger partial charge in [-0.05, 0) is 30.7 Å². The Morgan fingerprint density at radius 3 is 2.94 bits per heavy atom. The molecule has 0 atom stereocenters. The van der Waals surface area contributed by atoms with Crippen LogP contribution in [0.4, 0.5) is 0 Å². The SMILES string of the molecule is CCCc1nccn1-c1cccc(CNCC)c1. The summed E-state index contributed by atoms with van der Waals surface area (Å²) in [5.74, 6) is 1.14. The summed E-state index contributed by atoms with van der Waals surface area (Å²) in [7, 11) is 0. The molecule has 0 saturated heterocycles. The van der Waals surface area contributed by atoms with E-state index >= 15 is 0 Å². The Labute approximate surface area is 109 Å². The minimum Gasteiger partial charge on any atom is -0.313 e. The van der Waals surface area contributed by atoms with Gasteiger partial charge in [-0.25, -0.2) is 4.98 Å². The average Bonchev–Trinajstić information content (AvgIpc) is 2.85. The van der Waals surface area contributed by atoms with Crippen molar-refractivity contribution in [2.45, 2.75) is 33.2 Å². The summed E-state index contributed by atoms with van der Waals surface area (Å²) >= 11 is 0. The number of hydrogen-bond donors (Lipinski definition) is 1. The zero-order chi connectivity index (χ0) is 12.8. The fraction of sp³-hybridized carbons (Fsp3) is 0.400. The van der Waals surface area contributed by atoms with Crippen LogP contribution in [0.15, 0.2) is 36.7 Å². The van der Waals surface area contributed by atoms with E-state index in [0.717, 1.165) is 31.8 Å². The average molecular weight is 243 g/mol. The van der Waals surface area contributed by atoms with Crippen molar-refractivity contribution in [3.8, 4) is 5.69 Å². The summed E-state index contributed by atoms with van der Waals surface area (Å²) in [6, 6.07) is 8.63. The highest BCUT2D eigenvalue weighted by molar-refractivity contribution is 5.37. The molecule has 96 valence electrons. The first-order chi connectivity index (χ1) is 8.85. The van der Waals surface area contributed by atoms with Crippen LogP contribution in [-0.4, -0.2) is 16.1 Å². The molecule has 0 aliphatic heterocycles. The van der Waals surface area contributed by atoms with Gasteiger partial charge in [0.2, 0.25) is 0 Å². The van der Waals surface area contributed by atoms with E-state index in [1.807, 2.05) is 12.4 Å². The Bertz CT molecular complexity index is 488. The molecule has 1 aromatic carbocycles. The van der Waals surface area contributed by atoms with E-state index in [9.17, 15) is 0 Å². The lowest BCUT2D eigenvalue weighted by Crippen LogP contribution is -2.12. The van der Waals surface area contributed by atoms with E-state index in [1.165, 1.54) is 11.3 Å². The highest BCUT2D eigenvalue weighted by Gasteiger charge is 2.04. The molecule has 3 nitrogen and oxygen atoms in total. The third-order valence-electron chi connectivity index (χ3n) is 2.96. The number of rotatable bonds is 6. The largest absolute Gasteiger partial charge is 0.313 e. The van der Waals surface area contributed by atoms with Gasteiger partial charge >= 0.3 is 0 Å². The maximum Gasteiger partial charge on any atom is 0.113 e. The molecule has 0 amide bonds. The molecule has 1 N–H and O–H groups in total. The summed E-state index contributed by atoms with van der Waals surface area (Å²) in [6.45, 7) is 6.22. The normalized spacial score (nSPS) is 10.8. The van der Waals surface area contributed by atoms with E-state index in [4.69, 9.17) is 0 Å². The first kappa shape index (κ1) is 12.8. The van der Waals surface area contributed by atoms with Crippen LogP contribution in [0.5, 0.6) is 0 Å². The van der Waals surface area contributed by atoms with Crippen LogP contribution < -0.4 is 5.32 Å². The van der Waals surface area contributed by atoms with Crippen molar-refractivity contribution >= 4 is 0 Å². The predicted molar refractivity (Wildman–Crippen MR) is 74.9 cm³/mol. The van der Waals surface area contributed by atoms with Gasteiger partial charge in [0, 0.05) is 31.0 Å². The van der Waals surface area contributed by atoms with Gasteiger partial charge in [-0.15, -0.1) is 0 Å². The van der Waals surface area contributed by atoms with E-state index in [-0.39, 0.29) is 0 Å². The highest BCUT2D eigenvalue weighted by Crippen LogP contribution is 2.14. The molecule has 0 aliphatic carbocycles. The zero-order valence-electron chi connectivity index (χ0n) is 11.2. The number of nitrogens with one attached hydrogen (secondary N) is 1. The summed E-state index contributed by atoms with van der Waals surface area (Å²) in [4.78, 5) is 4.42. The Morgan fingerprint density at radius 1 is 1.28 bits per heavy atom. The number of aryl methyl sites for hydroxylation is 1. The molecule has 18 heavy (non-hydrogen) atoms. The van der Waals surface area contributed by atoms with Gasteiger partial charge in [0.05, 0.1) is 0 Å². The standard InChI is InChI=1S/C15H21N3/c1-3-6-15-17-9-10-18(15)14-8-5-7-13(11-14)12-16-4-2/h5,7-11,16H,3-4,6,12H2,1-2H3. The smallest absolute Gasteiger partial charge is 0.113 e. The van der Waals surface area contributed by atoms with Crippen molar-refractivity contribution in [3.05, 3.63) is 48.0 Å². The second kappa shape index (κ2) is 6.36. The topological polar surface area (TPSA) is 29.9 Å².